The zero-order valence-electron chi connectivity index (χ0n) is 4.35. The van der Waals surface area contributed by atoms with Crippen molar-refractivity contribution < 1.29 is 23.9 Å². The van der Waals surface area contributed by atoms with Crippen molar-refractivity contribution in [1.82, 2.24) is 0 Å². The molecule has 0 radical (unpaired) electrons. The van der Waals surface area contributed by atoms with Gasteiger partial charge in [-0.15, -0.1) is 0 Å². The van der Waals surface area contributed by atoms with E-state index in [1.54, 1.807) is 0 Å². The molecule has 0 saturated heterocycles. The Morgan fingerprint density at radius 3 is 2.33 bits per heavy atom. The fraction of sp³-hybridized carbons (Fsp3) is 0. The van der Waals surface area contributed by atoms with Crippen LogP contribution in [0.3, 0.4) is 0 Å². The largest absolute Gasteiger partial charge is 0.512 e. The lowest BCUT2D eigenvalue weighted by Gasteiger charge is -2.00. The van der Waals surface area contributed by atoms with Crippen LogP contribution in [0.15, 0.2) is 12.4 Å². The van der Waals surface area contributed by atoms with Crippen molar-refractivity contribution in [2.45, 2.75) is 0 Å². The van der Waals surface area contributed by atoms with Gasteiger partial charge in [0.15, 0.2) is 0 Å². The molecule has 0 fully saturated rings. The SMILES string of the molecule is C=CP(=O)(O)OC(=O)O. The highest BCUT2D eigenvalue weighted by Crippen LogP contribution is 2.42. The Balaban J connectivity index is 4.03. The van der Waals surface area contributed by atoms with E-state index in [-0.39, 0.29) is 0 Å². The van der Waals surface area contributed by atoms with Crippen molar-refractivity contribution in [3.8, 4) is 0 Å². The predicted molar refractivity (Wildman–Crippen MR) is 29.1 cm³/mol. The number of rotatable bonds is 2. The maximum Gasteiger partial charge on any atom is 0.512 e. The van der Waals surface area contributed by atoms with Gasteiger partial charge in [-0.1, -0.05) is 6.58 Å². The third-order valence-corrected chi connectivity index (χ3v) is 1.32. The molecule has 6 heteroatoms. The molecule has 0 aromatic heterocycles. The first kappa shape index (κ1) is 8.20. The second-order valence-corrected chi connectivity index (χ2v) is 2.78. The van der Waals surface area contributed by atoms with E-state index in [9.17, 15) is 9.36 Å². The minimum absolute atomic E-state index is 0.543. The first-order valence-corrected chi connectivity index (χ1v) is 3.51. The van der Waals surface area contributed by atoms with E-state index in [0.717, 1.165) is 0 Å². The summed E-state index contributed by atoms with van der Waals surface area (Å²) in [6.07, 6.45) is -1.79. The molecular weight excluding hydrogens is 147 g/mol. The van der Waals surface area contributed by atoms with Crippen molar-refractivity contribution in [2.24, 2.45) is 0 Å². The number of carboxylic acid groups (broad SMARTS) is 1. The van der Waals surface area contributed by atoms with Gasteiger partial charge >= 0.3 is 13.8 Å². The van der Waals surface area contributed by atoms with Gasteiger partial charge in [0.25, 0.3) is 0 Å². The zero-order chi connectivity index (χ0) is 7.49. The van der Waals surface area contributed by atoms with E-state index in [0.29, 0.717) is 5.82 Å². The lowest BCUT2D eigenvalue weighted by Crippen LogP contribution is -1.95. The Labute approximate surface area is 51.1 Å². The molecule has 0 aliphatic rings. The van der Waals surface area contributed by atoms with E-state index in [1.165, 1.54) is 0 Å². The van der Waals surface area contributed by atoms with Crippen LogP contribution in [0.2, 0.25) is 0 Å². The summed E-state index contributed by atoms with van der Waals surface area (Å²) in [6, 6.07) is 0. The molecule has 0 aliphatic carbocycles. The van der Waals surface area contributed by atoms with Crippen LogP contribution in [0, 0.1) is 0 Å². The molecule has 0 amide bonds. The molecule has 0 aromatic rings. The van der Waals surface area contributed by atoms with Crippen LogP contribution in [0.1, 0.15) is 0 Å². The molecular formula is C3H5O5P. The first-order chi connectivity index (χ1) is 3.98. The molecule has 0 heterocycles. The minimum Gasteiger partial charge on any atom is -0.449 e. The fourth-order valence-corrected chi connectivity index (χ4v) is 0.447. The molecule has 2 N–H and O–H groups in total. The van der Waals surface area contributed by atoms with Gasteiger partial charge in [0.05, 0.1) is 0 Å². The molecule has 1 atom stereocenters. The summed E-state index contributed by atoms with van der Waals surface area (Å²) in [5.74, 6) is 0.543. The van der Waals surface area contributed by atoms with E-state index in [4.69, 9.17) is 10.00 Å². The number of hydrogen-bond donors (Lipinski definition) is 2. The van der Waals surface area contributed by atoms with Gasteiger partial charge in [-0.25, -0.2) is 9.36 Å². The number of carbonyl (C=O) groups is 1. The smallest absolute Gasteiger partial charge is 0.449 e. The van der Waals surface area contributed by atoms with Gasteiger partial charge in [0.2, 0.25) is 0 Å². The molecule has 0 aromatic carbocycles. The second kappa shape index (κ2) is 2.66. The predicted octanol–water partition coefficient (Wildman–Crippen LogP) is 1.01. The zero-order valence-corrected chi connectivity index (χ0v) is 5.25. The van der Waals surface area contributed by atoms with Gasteiger partial charge in [-0.2, -0.15) is 0 Å². The Morgan fingerprint density at radius 1 is 1.78 bits per heavy atom. The standard InChI is InChI=1S/C3H5O5P/c1-2-9(6,7)8-3(4)5/h2H,1H2,(H,4,5)(H,6,7). The summed E-state index contributed by atoms with van der Waals surface area (Å²) in [4.78, 5) is 17.9. The molecule has 0 spiro atoms. The van der Waals surface area contributed by atoms with Gasteiger partial charge in [0, 0.05) is 5.82 Å². The van der Waals surface area contributed by atoms with Gasteiger partial charge < -0.3 is 14.5 Å². The molecule has 52 valence electrons. The molecule has 1 unspecified atom stereocenters. The minimum atomic E-state index is -4.07. The third kappa shape index (κ3) is 3.76. The van der Waals surface area contributed by atoms with Crippen molar-refractivity contribution in [3.05, 3.63) is 12.4 Å². The molecule has 0 bridgehead atoms. The van der Waals surface area contributed by atoms with Crippen LogP contribution in [-0.2, 0) is 9.09 Å². The Bertz CT molecular complexity index is 173. The average molecular weight is 152 g/mol. The van der Waals surface area contributed by atoms with Gasteiger partial charge in [-0.3, -0.25) is 0 Å². The average Bonchev–Trinajstić information content (AvgIpc) is 1.63. The van der Waals surface area contributed by atoms with E-state index in [1.807, 2.05) is 0 Å². The van der Waals surface area contributed by atoms with Gasteiger partial charge in [-0.05, 0) is 0 Å². The quantitative estimate of drug-likeness (QED) is 0.576. The molecule has 5 nitrogen and oxygen atoms in total. The molecule has 0 aliphatic heterocycles. The maximum absolute atomic E-state index is 10.2. The van der Waals surface area contributed by atoms with Crippen molar-refractivity contribution in [2.75, 3.05) is 0 Å². The highest BCUT2D eigenvalue weighted by molar-refractivity contribution is 7.56. The van der Waals surface area contributed by atoms with Crippen LogP contribution in [0.25, 0.3) is 0 Å². The van der Waals surface area contributed by atoms with Crippen LogP contribution >= 0.6 is 7.60 Å². The summed E-state index contributed by atoms with van der Waals surface area (Å²) in [5, 5.41) is 7.78. The summed E-state index contributed by atoms with van der Waals surface area (Å²) >= 11 is 0. The van der Waals surface area contributed by atoms with Crippen LogP contribution < -0.4 is 0 Å². The topological polar surface area (TPSA) is 83.8 Å². The van der Waals surface area contributed by atoms with E-state index >= 15 is 0 Å². The monoisotopic (exact) mass is 152 g/mol. The van der Waals surface area contributed by atoms with Crippen molar-refractivity contribution >= 4 is 13.8 Å². The fourth-order valence-electron chi connectivity index (χ4n) is 0.149. The summed E-state index contributed by atoms with van der Waals surface area (Å²) in [6.45, 7) is 2.88. The molecule has 0 saturated carbocycles. The first-order valence-electron chi connectivity index (χ1n) is 1.86. The van der Waals surface area contributed by atoms with Crippen LogP contribution in [0.5, 0.6) is 0 Å². The Hall–Kier alpha value is -0.800. The summed E-state index contributed by atoms with van der Waals surface area (Å²) < 4.78 is 13.7. The third-order valence-electron chi connectivity index (χ3n) is 0.440. The second-order valence-electron chi connectivity index (χ2n) is 1.10. The van der Waals surface area contributed by atoms with Crippen molar-refractivity contribution in [3.63, 3.8) is 0 Å². The summed E-state index contributed by atoms with van der Waals surface area (Å²) in [5.41, 5.74) is 0. The molecule has 0 rings (SSSR count). The highest BCUT2D eigenvalue weighted by Gasteiger charge is 2.17. The summed E-state index contributed by atoms with van der Waals surface area (Å²) in [7, 11) is -4.07. The normalized spacial score (nSPS) is 15.7. The van der Waals surface area contributed by atoms with Gasteiger partial charge in [0.1, 0.15) is 0 Å². The molecule has 9 heavy (non-hydrogen) atoms. The maximum atomic E-state index is 10.2. The van der Waals surface area contributed by atoms with Crippen LogP contribution in [0.4, 0.5) is 4.79 Å². The van der Waals surface area contributed by atoms with Crippen LogP contribution in [-0.4, -0.2) is 16.2 Å². The number of hydrogen-bond acceptors (Lipinski definition) is 3. The van der Waals surface area contributed by atoms with Crippen molar-refractivity contribution in [1.29, 1.82) is 0 Å². The lowest BCUT2D eigenvalue weighted by molar-refractivity contribution is 0.140. The lowest BCUT2D eigenvalue weighted by atomic mass is 11.3. The Morgan fingerprint density at radius 2 is 2.22 bits per heavy atom. The Kier molecular flexibility index (Phi) is 2.42. The van der Waals surface area contributed by atoms with E-state index < -0.39 is 13.8 Å². The van der Waals surface area contributed by atoms with E-state index in [2.05, 4.69) is 11.1 Å². The highest BCUT2D eigenvalue weighted by atomic mass is 31.2.